The van der Waals surface area contributed by atoms with Gasteiger partial charge in [-0.2, -0.15) is 5.10 Å². The van der Waals surface area contributed by atoms with E-state index < -0.39 is 0 Å². The highest BCUT2D eigenvalue weighted by Crippen LogP contribution is 2.38. The Labute approximate surface area is 104 Å². The summed E-state index contributed by atoms with van der Waals surface area (Å²) in [6.07, 6.45) is 4.06. The third-order valence-corrected chi connectivity index (χ3v) is 2.87. The van der Waals surface area contributed by atoms with Gasteiger partial charge in [0, 0.05) is 18.2 Å². The molecule has 2 aromatic heterocycles. The predicted octanol–water partition coefficient (Wildman–Crippen LogP) is 2.34. The highest BCUT2D eigenvalue weighted by atomic mass is 35.5. The number of H-pyrrole nitrogens is 1. The Bertz CT molecular complexity index is 507. The van der Waals surface area contributed by atoms with E-state index in [4.69, 9.17) is 11.6 Å². The molecule has 0 spiro atoms. The van der Waals surface area contributed by atoms with E-state index in [0.29, 0.717) is 17.6 Å². The van der Waals surface area contributed by atoms with Crippen molar-refractivity contribution in [2.75, 3.05) is 5.32 Å². The van der Waals surface area contributed by atoms with Crippen LogP contribution in [0.1, 0.15) is 30.3 Å². The molecule has 17 heavy (non-hydrogen) atoms. The Hall–Kier alpha value is -1.62. The first-order valence-corrected chi connectivity index (χ1v) is 5.95. The third-order valence-electron chi connectivity index (χ3n) is 2.67. The molecule has 1 saturated carbocycles. The summed E-state index contributed by atoms with van der Waals surface area (Å²) >= 11 is 5.97. The zero-order valence-corrected chi connectivity index (χ0v) is 9.91. The van der Waals surface area contributed by atoms with E-state index in [1.807, 2.05) is 6.07 Å². The van der Waals surface area contributed by atoms with E-state index in [1.54, 1.807) is 12.3 Å². The lowest BCUT2D eigenvalue weighted by molar-refractivity contribution is 0.913. The first-order valence-electron chi connectivity index (χ1n) is 5.58. The molecule has 0 radical (unpaired) electrons. The van der Waals surface area contributed by atoms with Crippen LogP contribution >= 0.6 is 11.6 Å². The Morgan fingerprint density at radius 3 is 3.00 bits per heavy atom. The van der Waals surface area contributed by atoms with Crippen LogP contribution in [0.5, 0.6) is 0 Å². The fourth-order valence-electron chi connectivity index (χ4n) is 1.62. The van der Waals surface area contributed by atoms with Crippen LogP contribution in [-0.4, -0.2) is 20.2 Å². The van der Waals surface area contributed by atoms with Crippen LogP contribution in [0.25, 0.3) is 0 Å². The topological polar surface area (TPSA) is 66.5 Å². The number of nitrogens with one attached hydrogen (secondary N) is 2. The van der Waals surface area contributed by atoms with Gasteiger partial charge in [0.05, 0.1) is 12.2 Å². The van der Waals surface area contributed by atoms with Crippen molar-refractivity contribution in [3.05, 3.63) is 35.0 Å². The molecule has 0 aliphatic heterocycles. The molecular weight excluding hydrogens is 238 g/mol. The lowest BCUT2D eigenvalue weighted by Crippen LogP contribution is -2.04. The third kappa shape index (κ3) is 2.55. The standard InChI is InChI=1S/C11H12ClN5/c12-9-5-10(13-6-8-3-4-14-17-8)16-11(15-9)7-1-2-7/h3-5,7H,1-2,6H2,(H,14,17)(H,13,15,16). The molecule has 0 saturated heterocycles. The molecule has 6 heteroatoms. The van der Waals surface area contributed by atoms with Gasteiger partial charge in [0.2, 0.25) is 0 Å². The van der Waals surface area contributed by atoms with Crippen molar-refractivity contribution in [1.82, 2.24) is 20.2 Å². The van der Waals surface area contributed by atoms with Crippen LogP contribution in [0.3, 0.4) is 0 Å². The molecule has 2 aromatic rings. The van der Waals surface area contributed by atoms with Gasteiger partial charge in [0.15, 0.2) is 0 Å². The van der Waals surface area contributed by atoms with Crippen molar-refractivity contribution >= 4 is 17.4 Å². The van der Waals surface area contributed by atoms with Gasteiger partial charge in [0.25, 0.3) is 0 Å². The first kappa shape index (κ1) is 10.5. The summed E-state index contributed by atoms with van der Waals surface area (Å²) in [5.74, 6) is 2.12. The van der Waals surface area contributed by atoms with Crippen molar-refractivity contribution in [1.29, 1.82) is 0 Å². The lowest BCUT2D eigenvalue weighted by atomic mass is 10.4. The number of halogens is 1. The fourth-order valence-corrected chi connectivity index (χ4v) is 1.81. The quantitative estimate of drug-likeness (QED) is 0.817. The molecule has 2 N–H and O–H groups in total. The molecule has 2 heterocycles. The summed E-state index contributed by atoms with van der Waals surface area (Å²) in [6, 6.07) is 3.65. The summed E-state index contributed by atoms with van der Waals surface area (Å²) in [4.78, 5) is 8.69. The van der Waals surface area contributed by atoms with Crippen LogP contribution in [0.2, 0.25) is 5.15 Å². The smallest absolute Gasteiger partial charge is 0.135 e. The van der Waals surface area contributed by atoms with Gasteiger partial charge in [-0.15, -0.1) is 0 Å². The summed E-state index contributed by atoms with van der Waals surface area (Å²) in [7, 11) is 0. The Morgan fingerprint density at radius 1 is 1.41 bits per heavy atom. The van der Waals surface area contributed by atoms with Crippen molar-refractivity contribution in [2.24, 2.45) is 0 Å². The van der Waals surface area contributed by atoms with Crippen LogP contribution in [0.15, 0.2) is 18.3 Å². The van der Waals surface area contributed by atoms with Crippen LogP contribution in [-0.2, 0) is 6.54 Å². The van der Waals surface area contributed by atoms with Crippen molar-refractivity contribution in [2.45, 2.75) is 25.3 Å². The van der Waals surface area contributed by atoms with E-state index in [0.717, 1.165) is 17.3 Å². The average Bonchev–Trinajstić information content (AvgIpc) is 3.04. The highest BCUT2D eigenvalue weighted by molar-refractivity contribution is 6.29. The summed E-state index contributed by atoms with van der Waals surface area (Å²) in [5, 5.41) is 10.5. The van der Waals surface area contributed by atoms with Crippen molar-refractivity contribution in [3.63, 3.8) is 0 Å². The summed E-state index contributed by atoms with van der Waals surface area (Å²) < 4.78 is 0. The number of aromatic amines is 1. The second kappa shape index (κ2) is 4.33. The maximum atomic E-state index is 5.97. The summed E-state index contributed by atoms with van der Waals surface area (Å²) in [6.45, 7) is 0.650. The normalized spacial score (nSPS) is 14.9. The molecule has 88 valence electrons. The number of hydrogen-bond acceptors (Lipinski definition) is 4. The zero-order chi connectivity index (χ0) is 11.7. The Morgan fingerprint density at radius 2 is 2.29 bits per heavy atom. The van der Waals surface area contributed by atoms with Gasteiger partial charge in [0.1, 0.15) is 16.8 Å². The molecular formula is C11H12ClN5. The molecule has 3 rings (SSSR count). The minimum absolute atomic E-state index is 0.494. The molecule has 5 nitrogen and oxygen atoms in total. The van der Waals surface area contributed by atoms with Gasteiger partial charge in [-0.05, 0) is 18.9 Å². The van der Waals surface area contributed by atoms with Crippen molar-refractivity contribution in [3.8, 4) is 0 Å². The number of nitrogens with zero attached hydrogens (tertiary/aromatic N) is 3. The molecule has 0 unspecified atom stereocenters. The van der Waals surface area contributed by atoms with E-state index in [2.05, 4.69) is 25.5 Å². The molecule has 1 aliphatic carbocycles. The fraction of sp³-hybridized carbons (Fsp3) is 0.364. The average molecular weight is 250 g/mol. The lowest BCUT2D eigenvalue weighted by Gasteiger charge is -2.06. The van der Waals surface area contributed by atoms with Gasteiger partial charge >= 0.3 is 0 Å². The van der Waals surface area contributed by atoms with E-state index in [-0.39, 0.29) is 0 Å². The number of hydrogen-bond donors (Lipinski definition) is 2. The molecule has 0 aromatic carbocycles. The predicted molar refractivity (Wildman–Crippen MR) is 64.9 cm³/mol. The second-order valence-electron chi connectivity index (χ2n) is 4.14. The zero-order valence-electron chi connectivity index (χ0n) is 9.15. The van der Waals surface area contributed by atoms with Crippen LogP contribution in [0, 0.1) is 0 Å². The SMILES string of the molecule is Clc1cc(NCc2ccn[nH]2)nc(C2CC2)n1. The second-order valence-corrected chi connectivity index (χ2v) is 4.53. The largest absolute Gasteiger partial charge is 0.364 e. The van der Waals surface area contributed by atoms with Gasteiger partial charge in [-0.3, -0.25) is 5.10 Å². The molecule has 1 fully saturated rings. The monoisotopic (exact) mass is 249 g/mol. The van der Waals surface area contributed by atoms with Crippen molar-refractivity contribution < 1.29 is 0 Å². The minimum atomic E-state index is 0.494. The first-order chi connectivity index (χ1) is 8.31. The Kier molecular flexibility index (Phi) is 2.68. The number of rotatable bonds is 4. The number of anilines is 1. The van der Waals surface area contributed by atoms with Crippen LogP contribution < -0.4 is 5.32 Å². The highest BCUT2D eigenvalue weighted by Gasteiger charge is 2.27. The van der Waals surface area contributed by atoms with Crippen LogP contribution in [0.4, 0.5) is 5.82 Å². The van der Waals surface area contributed by atoms with Gasteiger partial charge in [-0.25, -0.2) is 9.97 Å². The van der Waals surface area contributed by atoms with Gasteiger partial charge < -0.3 is 5.32 Å². The Balaban J connectivity index is 1.73. The maximum absolute atomic E-state index is 5.97. The van der Waals surface area contributed by atoms with E-state index >= 15 is 0 Å². The molecule has 0 bridgehead atoms. The molecule has 0 amide bonds. The van der Waals surface area contributed by atoms with Gasteiger partial charge in [-0.1, -0.05) is 11.6 Å². The molecule has 1 aliphatic rings. The number of aromatic nitrogens is 4. The minimum Gasteiger partial charge on any atom is -0.364 e. The molecule has 0 atom stereocenters. The maximum Gasteiger partial charge on any atom is 0.135 e. The van der Waals surface area contributed by atoms with E-state index in [9.17, 15) is 0 Å². The summed E-state index contributed by atoms with van der Waals surface area (Å²) in [5.41, 5.74) is 1.01. The van der Waals surface area contributed by atoms with E-state index in [1.165, 1.54) is 12.8 Å².